The van der Waals surface area contributed by atoms with E-state index in [-0.39, 0.29) is 0 Å². The molecule has 0 aromatic rings. The molecule has 0 heterocycles. The number of thiocarbonyl (C=S) groups is 1. The molecule has 0 unspecified atom stereocenters. The predicted octanol–water partition coefficient (Wildman–Crippen LogP) is 2.97. The van der Waals surface area contributed by atoms with Crippen molar-refractivity contribution < 1.29 is 0 Å². The van der Waals surface area contributed by atoms with Gasteiger partial charge >= 0.3 is 0 Å². The van der Waals surface area contributed by atoms with E-state index in [2.05, 4.69) is 10.6 Å². The largest absolute Gasteiger partial charge is 0.362 e. The van der Waals surface area contributed by atoms with Gasteiger partial charge in [0.25, 0.3) is 0 Å². The average molecular weight is 240 g/mol. The summed E-state index contributed by atoms with van der Waals surface area (Å²) in [5, 5.41) is 7.72. The van der Waals surface area contributed by atoms with Crippen molar-refractivity contribution in [2.45, 2.75) is 63.8 Å². The van der Waals surface area contributed by atoms with Gasteiger partial charge in [-0.05, 0) is 43.8 Å². The molecular weight excluding hydrogens is 216 g/mol. The van der Waals surface area contributed by atoms with Crippen LogP contribution in [0.15, 0.2) is 0 Å². The number of nitrogens with one attached hydrogen (secondary N) is 2. The fourth-order valence-corrected chi connectivity index (χ4v) is 3.18. The zero-order valence-corrected chi connectivity index (χ0v) is 11.0. The van der Waals surface area contributed by atoms with Crippen LogP contribution in [0.3, 0.4) is 0 Å². The standard InChI is InChI=1S/C13H24N2S/c16-13(15-12-8-4-5-9-12)14-10-11-6-2-1-3-7-11/h11-12H,1-10H2,(H2,14,15,16). The summed E-state index contributed by atoms with van der Waals surface area (Å²) in [5.41, 5.74) is 0. The molecule has 0 atom stereocenters. The van der Waals surface area contributed by atoms with Crippen molar-refractivity contribution in [2.24, 2.45) is 5.92 Å². The van der Waals surface area contributed by atoms with Crippen LogP contribution in [0, 0.1) is 5.92 Å². The van der Waals surface area contributed by atoms with E-state index in [1.54, 1.807) is 0 Å². The lowest BCUT2D eigenvalue weighted by Gasteiger charge is -2.23. The summed E-state index contributed by atoms with van der Waals surface area (Å²) < 4.78 is 0. The van der Waals surface area contributed by atoms with Gasteiger partial charge in [-0.2, -0.15) is 0 Å². The minimum absolute atomic E-state index is 0.645. The first kappa shape index (κ1) is 12.2. The molecule has 2 rings (SSSR count). The molecule has 2 aliphatic carbocycles. The molecule has 0 aliphatic heterocycles. The predicted molar refractivity (Wildman–Crippen MR) is 72.6 cm³/mol. The number of rotatable bonds is 3. The Balaban J connectivity index is 1.59. The summed E-state index contributed by atoms with van der Waals surface area (Å²) in [7, 11) is 0. The lowest BCUT2D eigenvalue weighted by atomic mass is 9.89. The molecule has 0 amide bonds. The van der Waals surface area contributed by atoms with Crippen LogP contribution >= 0.6 is 12.2 Å². The second-order valence-electron chi connectivity index (χ2n) is 5.34. The number of hydrogen-bond acceptors (Lipinski definition) is 1. The van der Waals surface area contributed by atoms with Crippen LogP contribution in [0.5, 0.6) is 0 Å². The molecule has 0 aromatic heterocycles. The Kier molecular flexibility index (Phi) is 4.89. The van der Waals surface area contributed by atoms with Gasteiger partial charge in [0.2, 0.25) is 0 Å². The SMILES string of the molecule is S=C(NCC1CCCCC1)NC1CCCC1. The third-order valence-electron chi connectivity index (χ3n) is 3.97. The molecule has 0 saturated heterocycles. The summed E-state index contributed by atoms with van der Waals surface area (Å²) in [5.74, 6) is 0.858. The van der Waals surface area contributed by atoms with Gasteiger partial charge in [0.15, 0.2) is 5.11 Å². The third kappa shape index (κ3) is 3.93. The van der Waals surface area contributed by atoms with E-state index >= 15 is 0 Å². The van der Waals surface area contributed by atoms with Gasteiger partial charge < -0.3 is 10.6 Å². The van der Waals surface area contributed by atoms with Crippen LogP contribution in [0.2, 0.25) is 0 Å². The highest BCUT2D eigenvalue weighted by Gasteiger charge is 2.17. The zero-order chi connectivity index (χ0) is 11.2. The van der Waals surface area contributed by atoms with Crippen LogP contribution in [0.4, 0.5) is 0 Å². The van der Waals surface area contributed by atoms with E-state index in [1.165, 1.54) is 57.8 Å². The monoisotopic (exact) mass is 240 g/mol. The van der Waals surface area contributed by atoms with Crippen molar-refractivity contribution in [1.29, 1.82) is 0 Å². The summed E-state index contributed by atoms with van der Waals surface area (Å²) in [4.78, 5) is 0. The second kappa shape index (κ2) is 6.43. The van der Waals surface area contributed by atoms with Crippen LogP contribution < -0.4 is 10.6 Å². The van der Waals surface area contributed by atoms with Gasteiger partial charge in [-0.25, -0.2) is 0 Å². The molecular formula is C13H24N2S. The van der Waals surface area contributed by atoms with Crippen molar-refractivity contribution in [1.82, 2.24) is 10.6 Å². The second-order valence-corrected chi connectivity index (χ2v) is 5.75. The van der Waals surface area contributed by atoms with Gasteiger partial charge in [-0.15, -0.1) is 0 Å². The molecule has 0 radical (unpaired) electrons. The number of hydrogen-bond donors (Lipinski definition) is 2. The summed E-state index contributed by atoms with van der Waals surface area (Å²) in [6.07, 6.45) is 12.4. The highest BCUT2D eigenvalue weighted by molar-refractivity contribution is 7.80. The Hall–Kier alpha value is -0.310. The van der Waals surface area contributed by atoms with Gasteiger partial charge in [0, 0.05) is 12.6 Å². The lowest BCUT2D eigenvalue weighted by molar-refractivity contribution is 0.356. The van der Waals surface area contributed by atoms with Crippen LogP contribution in [-0.4, -0.2) is 17.7 Å². The highest BCUT2D eigenvalue weighted by Crippen LogP contribution is 2.22. The van der Waals surface area contributed by atoms with E-state index in [4.69, 9.17) is 12.2 Å². The van der Waals surface area contributed by atoms with Gasteiger partial charge in [-0.3, -0.25) is 0 Å². The van der Waals surface area contributed by atoms with Crippen LogP contribution in [-0.2, 0) is 0 Å². The summed E-state index contributed by atoms with van der Waals surface area (Å²) >= 11 is 5.34. The van der Waals surface area contributed by atoms with Crippen LogP contribution in [0.25, 0.3) is 0 Å². The third-order valence-corrected chi connectivity index (χ3v) is 4.23. The maximum absolute atomic E-state index is 5.34. The first-order chi connectivity index (χ1) is 7.84. The molecule has 0 spiro atoms. The van der Waals surface area contributed by atoms with E-state index < -0.39 is 0 Å². The van der Waals surface area contributed by atoms with Crippen molar-refractivity contribution in [3.05, 3.63) is 0 Å². The lowest BCUT2D eigenvalue weighted by Crippen LogP contribution is -2.42. The smallest absolute Gasteiger partial charge is 0.166 e. The maximum atomic E-state index is 5.34. The zero-order valence-electron chi connectivity index (χ0n) is 10.1. The van der Waals surface area contributed by atoms with E-state index in [1.807, 2.05) is 0 Å². The molecule has 2 aliphatic rings. The Morgan fingerprint density at radius 2 is 1.56 bits per heavy atom. The van der Waals surface area contributed by atoms with Gasteiger partial charge in [0.05, 0.1) is 0 Å². The van der Waals surface area contributed by atoms with Crippen LogP contribution in [0.1, 0.15) is 57.8 Å². The molecule has 2 saturated carbocycles. The first-order valence-corrected chi connectivity index (χ1v) is 7.30. The fourth-order valence-electron chi connectivity index (χ4n) is 2.93. The molecule has 0 aromatic carbocycles. The summed E-state index contributed by atoms with van der Waals surface area (Å²) in [6, 6.07) is 0.645. The van der Waals surface area contributed by atoms with E-state index in [9.17, 15) is 0 Å². The normalized spacial score (nSPS) is 23.2. The maximum Gasteiger partial charge on any atom is 0.166 e. The Labute approximate surface area is 105 Å². The Morgan fingerprint density at radius 1 is 0.938 bits per heavy atom. The quantitative estimate of drug-likeness (QED) is 0.742. The molecule has 2 N–H and O–H groups in total. The van der Waals surface area contributed by atoms with E-state index in [0.717, 1.165) is 17.6 Å². The topological polar surface area (TPSA) is 24.1 Å². The molecule has 3 heteroatoms. The minimum Gasteiger partial charge on any atom is -0.362 e. The van der Waals surface area contributed by atoms with E-state index in [0.29, 0.717) is 6.04 Å². The van der Waals surface area contributed by atoms with Crippen molar-refractivity contribution in [2.75, 3.05) is 6.54 Å². The molecule has 0 bridgehead atoms. The van der Waals surface area contributed by atoms with Crippen molar-refractivity contribution in [3.8, 4) is 0 Å². The molecule has 92 valence electrons. The van der Waals surface area contributed by atoms with Gasteiger partial charge in [0.1, 0.15) is 0 Å². The Morgan fingerprint density at radius 3 is 2.25 bits per heavy atom. The molecule has 2 nitrogen and oxygen atoms in total. The van der Waals surface area contributed by atoms with Gasteiger partial charge in [-0.1, -0.05) is 32.1 Å². The Bertz CT molecular complexity index is 218. The minimum atomic E-state index is 0.645. The fraction of sp³-hybridized carbons (Fsp3) is 0.923. The first-order valence-electron chi connectivity index (χ1n) is 6.89. The van der Waals surface area contributed by atoms with Crippen molar-refractivity contribution in [3.63, 3.8) is 0 Å². The molecule has 16 heavy (non-hydrogen) atoms. The summed E-state index contributed by atoms with van der Waals surface area (Å²) in [6.45, 7) is 1.08. The molecule has 2 fully saturated rings. The highest BCUT2D eigenvalue weighted by atomic mass is 32.1. The average Bonchev–Trinajstić information content (AvgIpc) is 2.81. The van der Waals surface area contributed by atoms with Crippen molar-refractivity contribution >= 4 is 17.3 Å².